The highest BCUT2D eigenvalue weighted by Gasteiger charge is 2.23. The van der Waals surface area contributed by atoms with Crippen LogP contribution in [-0.4, -0.2) is 45.0 Å². The fourth-order valence-electron chi connectivity index (χ4n) is 2.66. The van der Waals surface area contributed by atoms with Crippen LogP contribution < -0.4 is 10.2 Å². The zero-order valence-corrected chi connectivity index (χ0v) is 14.2. The number of thioether (sulfide) groups is 1. The van der Waals surface area contributed by atoms with E-state index in [1.165, 1.54) is 11.8 Å². The quantitative estimate of drug-likeness (QED) is 0.496. The van der Waals surface area contributed by atoms with Gasteiger partial charge in [-0.25, -0.2) is 9.97 Å². The molecule has 0 radical (unpaired) electrons. The van der Waals surface area contributed by atoms with Crippen LogP contribution in [0.3, 0.4) is 0 Å². The van der Waals surface area contributed by atoms with Crippen molar-refractivity contribution in [3.05, 3.63) is 24.0 Å². The largest absolute Gasteiger partial charge is 0.317 e. The Balaban J connectivity index is 2.05. The number of carbonyl (C=O) groups excluding carboxylic acids is 1. The van der Waals surface area contributed by atoms with E-state index in [0.717, 1.165) is 37.3 Å². The summed E-state index contributed by atoms with van der Waals surface area (Å²) in [6, 6.07) is 3.79. The van der Waals surface area contributed by atoms with Crippen molar-refractivity contribution in [2.24, 2.45) is 0 Å². The fourth-order valence-corrected chi connectivity index (χ4v) is 3.11. The molecule has 2 N–H and O–H groups in total. The predicted octanol–water partition coefficient (Wildman–Crippen LogP) is 1.87. The molecular formula is C14H17ClN6OS. The molecular weight excluding hydrogens is 336 g/mol. The maximum atomic E-state index is 11.8. The van der Waals surface area contributed by atoms with Crippen molar-refractivity contribution in [1.29, 1.82) is 0 Å². The van der Waals surface area contributed by atoms with Crippen LogP contribution in [0.4, 0.5) is 0 Å². The summed E-state index contributed by atoms with van der Waals surface area (Å²) in [5.41, 5.74) is 1.85. The molecule has 0 bridgehead atoms. The second-order valence-electron chi connectivity index (χ2n) is 5.19. The molecule has 0 unspecified atom stereocenters. The van der Waals surface area contributed by atoms with E-state index < -0.39 is 5.91 Å². The molecule has 0 saturated carbocycles. The number of amides is 1. The highest BCUT2D eigenvalue weighted by molar-refractivity contribution is 7.98. The lowest BCUT2D eigenvalue weighted by Gasteiger charge is -2.24. The molecule has 1 saturated heterocycles. The first-order chi connectivity index (χ1) is 11.2. The number of hydrogen-bond acceptors (Lipinski definition) is 6. The van der Waals surface area contributed by atoms with E-state index in [4.69, 9.17) is 11.8 Å². The van der Waals surface area contributed by atoms with Crippen LogP contribution in [0.2, 0.25) is 0 Å². The van der Waals surface area contributed by atoms with Gasteiger partial charge in [-0.1, -0.05) is 11.8 Å². The molecule has 2 aromatic heterocycles. The number of aromatic nitrogens is 4. The summed E-state index contributed by atoms with van der Waals surface area (Å²) in [5.74, 6) is -0.417. The third-order valence-corrected chi connectivity index (χ3v) is 4.52. The molecule has 1 amide bonds. The Labute approximate surface area is 143 Å². The van der Waals surface area contributed by atoms with Gasteiger partial charge in [0.15, 0.2) is 10.9 Å². The van der Waals surface area contributed by atoms with Crippen molar-refractivity contribution >= 4 is 29.4 Å². The summed E-state index contributed by atoms with van der Waals surface area (Å²) in [6.07, 6.45) is 5.55. The van der Waals surface area contributed by atoms with Gasteiger partial charge in [0.25, 0.3) is 5.91 Å². The van der Waals surface area contributed by atoms with Gasteiger partial charge in [0, 0.05) is 18.0 Å². The summed E-state index contributed by atoms with van der Waals surface area (Å²) in [5, 5.41) is 8.48. The lowest BCUT2D eigenvalue weighted by atomic mass is 10.1. The number of nitrogens with one attached hydrogen (secondary N) is 2. The van der Waals surface area contributed by atoms with Gasteiger partial charge in [-0.05, 0) is 44.3 Å². The average Bonchev–Trinajstić information content (AvgIpc) is 3.07. The third-order valence-electron chi connectivity index (χ3n) is 3.79. The third kappa shape index (κ3) is 3.49. The van der Waals surface area contributed by atoms with E-state index in [-0.39, 0.29) is 11.7 Å². The summed E-state index contributed by atoms with van der Waals surface area (Å²) in [4.78, 5) is 22.7. The van der Waals surface area contributed by atoms with Gasteiger partial charge in [0.2, 0.25) is 0 Å². The molecule has 0 atom stereocenters. The smallest absolute Gasteiger partial charge is 0.286 e. The molecule has 0 spiro atoms. The van der Waals surface area contributed by atoms with Crippen molar-refractivity contribution < 1.29 is 4.79 Å². The van der Waals surface area contributed by atoms with Crippen LogP contribution in [-0.2, 0) is 0 Å². The highest BCUT2D eigenvalue weighted by atomic mass is 35.5. The van der Waals surface area contributed by atoms with E-state index in [1.807, 2.05) is 17.0 Å². The molecule has 9 heteroatoms. The van der Waals surface area contributed by atoms with Gasteiger partial charge in [-0.15, -0.1) is 0 Å². The van der Waals surface area contributed by atoms with Crippen LogP contribution in [0.5, 0.6) is 0 Å². The summed E-state index contributed by atoms with van der Waals surface area (Å²) in [6.45, 7) is 1.86. The van der Waals surface area contributed by atoms with Crippen LogP contribution in [0.25, 0.3) is 11.4 Å². The van der Waals surface area contributed by atoms with Crippen LogP contribution in [0.1, 0.15) is 29.4 Å². The van der Waals surface area contributed by atoms with Gasteiger partial charge in [-0.2, -0.15) is 5.10 Å². The summed E-state index contributed by atoms with van der Waals surface area (Å²) >= 11 is 6.91. The Bertz CT molecular complexity index is 700. The highest BCUT2D eigenvalue weighted by Crippen LogP contribution is 2.27. The van der Waals surface area contributed by atoms with Gasteiger partial charge in [0.1, 0.15) is 0 Å². The number of rotatable bonds is 4. The zero-order chi connectivity index (χ0) is 16.2. The van der Waals surface area contributed by atoms with Gasteiger partial charge in [-0.3, -0.25) is 14.3 Å². The van der Waals surface area contributed by atoms with Crippen molar-refractivity contribution in [2.75, 3.05) is 19.3 Å². The molecule has 23 heavy (non-hydrogen) atoms. The number of piperidine rings is 1. The monoisotopic (exact) mass is 352 g/mol. The standard InChI is InChI=1S/C14H17ClN6OS/c1-23-14-17-7-4-10(18-14)12-8-11(13(22)19-15)20-21(12)9-2-5-16-6-3-9/h4,7-9,16H,2-3,5-6H2,1H3,(H,19,22). The number of carbonyl (C=O) groups is 1. The average molecular weight is 353 g/mol. The number of halogens is 1. The van der Waals surface area contributed by atoms with Gasteiger partial charge < -0.3 is 5.32 Å². The first-order valence-corrected chi connectivity index (χ1v) is 8.92. The van der Waals surface area contributed by atoms with Crippen molar-refractivity contribution in [2.45, 2.75) is 24.0 Å². The van der Waals surface area contributed by atoms with Crippen molar-refractivity contribution in [3.63, 3.8) is 0 Å². The summed E-state index contributed by atoms with van der Waals surface area (Å²) < 4.78 is 1.90. The predicted molar refractivity (Wildman–Crippen MR) is 89.5 cm³/mol. The van der Waals surface area contributed by atoms with E-state index in [0.29, 0.717) is 5.16 Å². The second kappa shape index (κ2) is 7.29. The topological polar surface area (TPSA) is 84.7 Å². The van der Waals surface area contributed by atoms with Crippen molar-refractivity contribution in [1.82, 2.24) is 29.9 Å². The molecule has 3 heterocycles. The zero-order valence-electron chi connectivity index (χ0n) is 12.6. The number of nitrogens with zero attached hydrogens (tertiary/aromatic N) is 4. The number of hydrogen-bond donors (Lipinski definition) is 2. The Morgan fingerprint density at radius 2 is 2.26 bits per heavy atom. The van der Waals surface area contributed by atoms with Gasteiger partial charge >= 0.3 is 0 Å². The molecule has 122 valence electrons. The maximum Gasteiger partial charge on any atom is 0.286 e. The molecule has 0 aromatic carbocycles. The minimum absolute atomic E-state index is 0.232. The Morgan fingerprint density at radius 1 is 1.48 bits per heavy atom. The normalized spacial score (nSPS) is 15.6. The van der Waals surface area contributed by atoms with E-state index >= 15 is 0 Å². The molecule has 0 aliphatic carbocycles. The van der Waals surface area contributed by atoms with Crippen molar-refractivity contribution in [3.8, 4) is 11.4 Å². The van der Waals surface area contributed by atoms with Crippen LogP contribution in [0, 0.1) is 0 Å². The first kappa shape index (κ1) is 16.2. The SMILES string of the molecule is CSc1nccc(-c2cc(C(=O)NCl)nn2C2CCNCC2)n1. The fraction of sp³-hybridized carbons (Fsp3) is 0.429. The minimum Gasteiger partial charge on any atom is -0.317 e. The minimum atomic E-state index is -0.417. The molecule has 1 fully saturated rings. The lowest BCUT2D eigenvalue weighted by molar-refractivity contribution is 0.0975. The van der Waals surface area contributed by atoms with Gasteiger partial charge in [0.05, 0.1) is 17.4 Å². The second-order valence-corrected chi connectivity index (χ2v) is 6.16. The maximum absolute atomic E-state index is 11.8. The Kier molecular flexibility index (Phi) is 5.14. The molecule has 1 aliphatic heterocycles. The van der Waals surface area contributed by atoms with E-state index in [9.17, 15) is 4.79 Å². The molecule has 3 rings (SSSR count). The molecule has 7 nitrogen and oxygen atoms in total. The molecule has 1 aliphatic rings. The van der Waals surface area contributed by atoms with E-state index in [2.05, 4.69) is 25.2 Å². The summed E-state index contributed by atoms with van der Waals surface area (Å²) in [7, 11) is 0. The van der Waals surface area contributed by atoms with Crippen LogP contribution >= 0.6 is 23.5 Å². The lowest BCUT2D eigenvalue weighted by Crippen LogP contribution is -2.30. The Hall–Kier alpha value is -1.64. The van der Waals surface area contributed by atoms with E-state index in [1.54, 1.807) is 12.3 Å². The Morgan fingerprint density at radius 3 is 2.96 bits per heavy atom. The first-order valence-electron chi connectivity index (χ1n) is 7.31. The van der Waals surface area contributed by atoms with Crippen LogP contribution in [0.15, 0.2) is 23.5 Å². The molecule has 2 aromatic rings.